The summed E-state index contributed by atoms with van der Waals surface area (Å²) in [7, 11) is 2.03. The van der Waals surface area contributed by atoms with Crippen LogP contribution >= 0.6 is 27.3 Å². The maximum atomic E-state index is 8.73. The zero-order chi connectivity index (χ0) is 14.4. The highest BCUT2D eigenvalue weighted by Crippen LogP contribution is 2.30. The lowest BCUT2D eigenvalue weighted by atomic mass is 10.2. The molecule has 2 rings (SSSR count). The SMILES string of the molecule is CN(CCCCCO)Cc1nnc(-c2ccc(Br)s2)o1. The lowest BCUT2D eigenvalue weighted by molar-refractivity contribution is 0.262. The summed E-state index contributed by atoms with van der Waals surface area (Å²) in [6.45, 7) is 1.88. The summed E-state index contributed by atoms with van der Waals surface area (Å²) in [6.07, 6.45) is 2.97. The van der Waals surface area contributed by atoms with Crippen LogP contribution in [0.5, 0.6) is 0 Å². The predicted molar refractivity (Wildman–Crippen MR) is 82.6 cm³/mol. The van der Waals surface area contributed by atoms with E-state index >= 15 is 0 Å². The van der Waals surface area contributed by atoms with Crippen LogP contribution in [-0.2, 0) is 6.54 Å². The number of hydrogen-bond donors (Lipinski definition) is 1. The molecule has 0 aromatic carbocycles. The van der Waals surface area contributed by atoms with E-state index in [1.54, 1.807) is 11.3 Å². The molecule has 20 heavy (non-hydrogen) atoms. The molecule has 2 aromatic heterocycles. The van der Waals surface area contributed by atoms with Gasteiger partial charge < -0.3 is 9.52 Å². The second-order valence-electron chi connectivity index (χ2n) is 4.63. The van der Waals surface area contributed by atoms with Gasteiger partial charge in [0.15, 0.2) is 0 Å². The van der Waals surface area contributed by atoms with Crippen molar-refractivity contribution in [3.8, 4) is 10.8 Å². The summed E-state index contributed by atoms with van der Waals surface area (Å²) in [5, 5.41) is 16.9. The van der Waals surface area contributed by atoms with Gasteiger partial charge in [-0.05, 0) is 60.9 Å². The van der Waals surface area contributed by atoms with Gasteiger partial charge in [0.05, 0.1) is 15.2 Å². The van der Waals surface area contributed by atoms with E-state index in [1.165, 1.54) is 0 Å². The molecular formula is C13H18BrN3O2S. The van der Waals surface area contributed by atoms with Crippen molar-refractivity contribution in [3.63, 3.8) is 0 Å². The van der Waals surface area contributed by atoms with Crippen molar-refractivity contribution >= 4 is 27.3 Å². The number of nitrogens with zero attached hydrogens (tertiary/aromatic N) is 3. The van der Waals surface area contributed by atoms with Gasteiger partial charge >= 0.3 is 0 Å². The Morgan fingerprint density at radius 2 is 2.15 bits per heavy atom. The average Bonchev–Trinajstić information content (AvgIpc) is 3.04. The topological polar surface area (TPSA) is 62.4 Å². The zero-order valence-corrected chi connectivity index (χ0v) is 13.8. The molecule has 0 unspecified atom stereocenters. The molecule has 0 bridgehead atoms. The largest absolute Gasteiger partial charge is 0.419 e. The highest BCUT2D eigenvalue weighted by molar-refractivity contribution is 9.11. The number of unbranched alkanes of at least 4 members (excludes halogenated alkanes) is 2. The van der Waals surface area contributed by atoms with Crippen LogP contribution in [0.15, 0.2) is 20.3 Å². The Kier molecular flexibility index (Phi) is 6.15. The van der Waals surface area contributed by atoms with Crippen molar-refractivity contribution in [1.82, 2.24) is 15.1 Å². The highest BCUT2D eigenvalue weighted by atomic mass is 79.9. The first kappa shape index (κ1) is 15.6. The van der Waals surface area contributed by atoms with Crippen molar-refractivity contribution in [2.75, 3.05) is 20.2 Å². The number of rotatable bonds is 8. The Labute approximate surface area is 130 Å². The minimum absolute atomic E-state index is 0.271. The lowest BCUT2D eigenvalue weighted by Crippen LogP contribution is -2.19. The Morgan fingerprint density at radius 3 is 2.85 bits per heavy atom. The van der Waals surface area contributed by atoms with Gasteiger partial charge in [0.1, 0.15) is 0 Å². The standard InChI is InChI=1S/C13H18BrN3O2S/c1-17(7-3-2-4-8-18)9-12-15-16-13(19-12)10-5-6-11(14)20-10/h5-6,18H,2-4,7-9H2,1H3. The molecule has 1 N–H and O–H groups in total. The van der Waals surface area contributed by atoms with Crippen molar-refractivity contribution in [2.45, 2.75) is 25.8 Å². The third-order valence-corrected chi connectivity index (χ3v) is 4.47. The molecule has 0 fully saturated rings. The van der Waals surface area contributed by atoms with E-state index in [-0.39, 0.29) is 6.61 Å². The molecule has 0 radical (unpaired) electrons. The fourth-order valence-electron chi connectivity index (χ4n) is 1.83. The first-order valence-corrected chi connectivity index (χ1v) is 8.17. The van der Waals surface area contributed by atoms with Crippen LogP contribution in [0, 0.1) is 0 Å². The number of hydrogen-bond acceptors (Lipinski definition) is 6. The maximum Gasteiger partial charge on any atom is 0.257 e. The van der Waals surface area contributed by atoms with Gasteiger partial charge in [-0.25, -0.2) is 0 Å². The Bertz CT molecular complexity index is 529. The van der Waals surface area contributed by atoms with Crippen molar-refractivity contribution in [2.24, 2.45) is 0 Å². The van der Waals surface area contributed by atoms with Crippen LogP contribution < -0.4 is 0 Å². The number of halogens is 1. The second-order valence-corrected chi connectivity index (χ2v) is 7.09. The van der Waals surface area contributed by atoms with E-state index in [2.05, 4.69) is 31.0 Å². The molecule has 0 saturated carbocycles. The molecule has 0 atom stereocenters. The van der Waals surface area contributed by atoms with E-state index in [0.29, 0.717) is 18.3 Å². The number of thiophene rings is 1. The lowest BCUT2D eigenvalue weighted by Gasteiger charge is -2.13. The molecule has 2 aromatic rings. The van der Waals surface area contributed by atoms with Gasteiger partial charge in [0.2, 0.25) is 5.89 Å². The van der Waals surface area contributed by atoms with Crippen molar-refractivity contribution in [3.05, 3.63) is 21.8 Å². The summed E-state index contributed by atoms with van der Waals surface area (Å²) in [6, 6.07) is 3.93. The van der Waals surface area contributed by atoms with Crippen LogP contribution in [-0.4, -0.2) is 40.4 Å². The molecule has 110 valence electrons. The Hall–Kier alpha value is -0.760. The Morgan fingerprint density at radius 1 is 1.30 bits per heavy atom. The summed E-state index contributed by atoms with van der Waals surface area (Å²) < 4.78 is 6.72. The first-order chi connectivity index (χ1) is 9.69. The monoisotopic (exact) mass is 359 g/mol. The normalized spacial score (nSPS) is 11.4. The summed E-state index contributed by atoms with van der Waals surface area (Å²) >= 11 is 5.00. The van der Waals surface area contributed by atoms with Crippen molar-refractivity contribution < 1.29 is 9.52 Å². The first-order valence-electron chi connectivity index (χ1n) is 6.56. The highest BCUT2D eigenvalue weighted by Gasteiger charge is 2.12. The minimum Gasteiger partial charge on any atom is -0.419 e. The molecule has 0 aliphatic rings. The fourth-order valence-corrected chi connectivity index (χ4v) is 3.13. The van der Waals surface area contributed by atoms with Crippen LogP contribution in [0.3, 0.4) is 0 Å². The van der Waals surface area contributed by atoms with Gasteiger partial charge in [-0.15, -0.1) is 21.5 Å². The van der Waals surface area contributed by atoms with Gasteiger partial charge in [-0.3, -0.25) is 4.90 Å². The third kappa shape index (κ3) is 4.66. The minimum atomic E-state index is 0.271. The summed E-state index contributed by atoms with van der Waals surface area (Å²) in [5.74, 6) is 1.21. The van der Waals surface area contributed by atoms with Crippen LogP contribution in [0.25, 0.3) is 10.8 Å². The van der Waals surface area contributed by atoms with E-state index in [1.807, 2.05) is 19.2 Å². The quantitative estimate of drug-likeness (QED) is 0.733. The molecule has 0 spiro atoms. The molecule has 0 aliphatic heterocycles. The summed E-state index contributed by atoms with van der Waals surface area (Å²) in [5.41, 5.74) is 0. The smallest absolute Gasteiger partial charge is 0.257 e. The predicted octanol–water partition coefficient (Wildman–Crippen LogP) is 3.16. The molecule has 0 saturated heterocycles. The molecule has 7 heteroatoms. The van der Waals surface area contributed by atoms with E-state index in [4.69, 9.17) is 9.52 Å². The molecule has 0 amide bonds. The Balaban J connectivity index is 1.83. The average molecular weight is 360 g/mol. The van der Waals surface area contributed by atoms with Gasteiger partial charge in [0, 0.05) is 6.61 Å². The second kappa shape index (κ2) is 7.87. The number of aliphatic hydroxyl groups is 1. The molecular weight excluding hydrogens is 342 g/mol. The number of aliphatic hydroxyl groups excluding tert-OH is 1. The van der Waals surface area contributed by atoms with Gasteiger partial charge in [-0.2, -0.15) is 0 Å². The maximum absolute atomic E-state index is 8.73. The number of aromatic nitrogens is 2. The van der Waals surface area contributed by atoms with E-state index in [0.717, 1.165) is 34.5 Å². The van der Waals surface area contributed by atoms with Gasteiger partial charge in [0.25, 0.3) is 5.89 Å². The van der Waals surface area contributed by atoms with E-state index in [9.17, 15) is 0 Å². The van der Waals surface area contributed by atoms with E-state index < -0.39 is 0 Å². The fraction of sp³-hybridized carbons (Fsp3) is 0.538. The molecule has 5 nitrogen and oxygen atoms in total. The van der Waals surface area contributed by atoms with Crippen LogP contribution in [0.2, 0.25) is 0 Å². The van der Waals surface area contributed by atoms with Crippen molar-refractivity contribution in [1.29, 1.82) is 0 Å². The third-order valence-electron chi connectivity index (χ3n) is 2.85. The van der Waals surface area contributed by atoms with Crippen LogP contribution in [0.4, 0.5) is 0 Å². The molecule has 2 heterocycles. The van der Waals surface area contributed by atoms with Gasteiger partial charge in [-0.1, -0.05) is 0 Å². The zero-order valence-electron chi connectivity index (χ0n) is 11.4. The van der Waals surface area contributed by atoms with Crippen LogP contribution in [0.1, 0.15) is 25.2 Å². The summed E-state index contributed by atoms with van der Waals surface area (Å²) in [4.78, 5) is 3.13. The molecule has 0 aliphatic carbocycles.